The molecule has 2 aromatic carbocycles. The van der Waals surface area contributed by atoms with E-state index in [2.05, 4.69) is 10.5 Å². The number of hydrogen-bond acceptors (Lipinski definition) is 8. The summed E-state index contributed by atoms with van der Waals surface area (Å²) in [5.41, 5.74) is 1.55. The van der Waals surface area contributed by atoms with E-state index >= 15 is 0 Å². The van der Waals surface area contributed by atoms with Gasteiger partial charge >= 0.3 is 0 Å². The number of nitro groups is 3. The highest BCUT2D eigenvalue weighted by Crippen LogP contribution is 2.25. The van der Waals surface area contributed by atoms with Gasteiger partial charge in [-0.1, -0.05) is 0 Å². The van der Waals surface area contributed by atoms with Crippen LogP contribution < -0.4 is 5.43 Å². The third-order valence-electron chi connectivity index (χ3n) is 3.33. The predicted molar refractivity (Wildman–Crippen MR) is 92.3 cm³/mol. The number of nitrogens with zero attached hydrogens (tertiary/aromatic N) is 4. The minimum atomic E-state index is -0.810. The molecule has 0 aromatic heterocycles. The molecule has 0 saturated carbocycles. The van der Waals surface area contributed by atoms with E-state index in [1.807, 2.05) is 0 Å². The minimum Gasteiger partial charge on any atom is -0.273 e. The number of hydrogen-bond donors (Lipinski definition) is 1. The summed E-state index contributed by atoms with van der Waals surface area (Å²) in [7, 11) is 0. The molecule has 2 rings (SSSR count). The third kappa shape index (κ3) is 5.12. The summed E-state index contributed by atoms with van der Waals surface area (Å²) in [5.74, 6) is -0.676. The van der Waals surface area contributed by atoms with Gasteiger partial charge < -0.3 is 0 Å². The first-order valence-corrected chi connectivity index (χ1v) is 7.26. The number of benzene rings is 2. The molecule has 138 valence electrons. The van der Waals surface area contributed by atoms with Crippen molar-refractivity contribution in [2.45, 2.75) is 6.42 Å². The maximum atomic E-state index is 11.9. The molecule has 2 aromatic rings. The summed E-state index contributed by atoms with van der Waals surface area (Å²) in [4.78, 5) is 42.0. The molecule has 0 saturated heterocycles. The summed E-state index contributed by atoms with van der Waals surface area (Å²) >= 11 is 0. The summed E-state index contributed by atoms with van der Waals surface area (Å²) in [5, 5.41) is 35.9. The van der Waals surface area contributed by atoms with E-state index in [0.29, 0.717) is 5.56 Å². The molecule has 12 heteroatoms. The molecule has 0 bridgehead atoms. The highest BCUT2D eigenvalue weighted by molar-refractivity contribution is 5.84. The SMILES string of the molecule is O=C(Cc1ccc([N+](=O)[O-])cc1[N+](=O)[O-])N/N=C\c1ccc([N+](=O)[O-])cc1. The Labute approximate surface area is 150 Å². The third-order valence-corrected chi connectivity index (χ3v) is 3.33. The molecule has 0 heterocycles. The van der Waals surface area contributed by atoms with Crippen LogP contribution in [0.15, 0.2) is 47.6 Å². The first-order chi connectivity index (χ1) is 12.8. The van der Waals surface area contributed by atoms with E-state index in [9.17, 15) is 35.1 Å². The zero-order valence-corrected chi connectivity index (χ0v) is 13.5. The van der Waals surface area contributed by atoms with Gasteiger partial charge in [0.15, 0.2) is 0 Å². The molecular formula is C15H11N5O7. The minimum absolute atomic E-state index is 0.00589. The molecule has 27 heavy (non-hydrogen) atoms. The molecule has 0 atom stereocenters. The topological polar surface area (TPSA) is 171 Å². The molecule has 0 aliphatic rings. The average molecular weight is 373 g/mol. The van der Waals surface area contributed by atoms with Gasteiger partial charge in [-0.15, -0.1) is 0 Å². The Morgan fingerprint density at radius 2 is 1.52 bits per heavy atom. The van der Waals surface area contributed by atoms with Gasteiger partial charge in [0.05, 0.1) is 33.5 Å². The second-order valence-corrected chi connectivity index (χ2v) is 5.15. The zero-order chi connectivity index (χ0) is 20.0. The highest BCUT2D eigenvalue weighted by Gasteiger charge is 2.20. The van der Waals surface area contributed by atoms with Crippen LogP contribution in [0.2, 0.25) is 0 Å². The molecule has 0 unspecified atom stereocenters. The van der Waals surface area contributed by atoms with Crippen molar-refractivity contribution >= 4 is 29.2 Å². The van der Waals surface area contributed by atoms with E-state index in [0.717, 1.165) is 18.2 Å². The number of amides is 1. The van der Waals surface area contributed by atoms with Crippen molar-refractivity contribution in [1.82, 2.24) is 5.43 Å². The largest absolute Gasteiger partial charge is 0.279 e. The molecule has 0 spiro atoms. The Bertz CT molecular complexity index is 940. The van der Waals surface area contributed by atoms with Crippen LogP contribution in [0.1, 0.15) is 11.1 Å². The van der Waals surface area contributed by atoms with E-state index in [-0.39, 0.29) is 11.3 Å². The molecule has 12 nitrogen and oxygen atoms in total. The second-order valence-electron chi connectivity index (χ2n) is 5.15. The van der Waals surface area contributed by atoms with Gasteiger partial charge in [-0.05, 0) is 23.8 Å². The van der Waals surface area contributed by atoms with E-state index < -0.39 is 38.5 Å². The molecule has 1 N–H and O–H groups in total. The van der Waals surface area contributed by atoms with Gasteiger partial charge in [-0.3, -0.25) is 35.1 Å². The van der Waals surface area contributed by atoms with Crippen LogP contribution in [0, 0.1) is 30.3 Å². The summed E-state index contributed by atoms with van der Waals surface area (Å²) in [6.45, 7) is 0. The van der Waals surface area contributed by atoms with E-state index in [4.69, 9.17) is 0 Å². The number of rotatable bonds is 7. The van der Waals surface area contributed by atoms with Crippen molar-refractivity contribution in [3.8, 4) is 0 Å². The Kier molecular flexibility index (Phi) is 5.83. The Morgan fingerprint density at radius 3 is 2.07 bits per heavy atom. The lowest BCUT2D eigenvalue weighted by atomic mass is 10.1. The first kappa shape index (κ1) is 19.1. The lowest BCUT2D eigenvalue weighted by Gasteiger charge is -2.02. The van der Waals surface area contributed by atoms with Crippen molar-refractivity contribution in [1.29, 1.82) is 0 Å². The fraction of sp³-hybridized carbons (Fsp3) is 0.0667. The van der Waals surface area contributed by atoms with Gasteiger partial charge in [-0.25, -0.2) is 5.43 Å². The monoisotopic (exact) mass is 373 g/mol. The van der Waals surface area contributed by atoms with Gasteiger partial charge in [0, 0.05) is 23.8 Å². The Hall–Kier alpha value is -4.22. The van der Waals surface area contributed by atoms with Crippen LogP contribution in [0.4, 0.5) is 17.1 Å². The van der Waals surface area contributed by atoms with Crippen LogP contribution in [0.5, 0.6) is 0 Å². The van der Waals surface area contributed by atoms with Gasteiger partial charge in [0.2, 0.25) is 5.91 Å². The van der Waals surface area contributed by atoms with Crippen LogP contribution in [-0.4, -0.2) is 26.9 Å². The van der Waals surface area contributed by atoms with E-state index in [1.54, 1.807) is 0 Å². The normalized spacial score (nSPS) is 10.5. The standard InChI is InChI=1S/C15H11N5O7/c21-15(17-16-9-10-1-4-12(5-2-10)18(22)23)7-11-3-6-13(19(24)25)8-14(11)20(26)27/h1-6,8-9H,7H2,(H,17,21)/b16-9-. The number of carbonyl (C=O) groups is 1. The van der Waals surface area contributed by atoms with E-state index in [1.165, 1.54) is 30.5 Å². The van der Waals surface area contributed by atoms with Gasteiger partial charge in [-0.2, -0.15) is 5.10 Å². The quantitative estimate of drug-likeness (QED) is 0.439. The number of carbonyl (C=O) groups excluding carboxylic acids is 1. The average Bonchev–Trinajstić information content (AvgIpc) is 2.62. The van der Waals surface area contributed by atoms with Crippen molar-refractivity contribution in [3.63, 3.8) is 0 Å². The van der Waals surface area contributed by atoms with Crippen LogP contribution in [0.25, 0.3) is 0 Å². The summed E-state index contributed by atoms with van der Waals surface area (Å²) in [6.07, 6.45) is 0.831. The molecular weight excluding hydrogens is 362 g/mol. The maximum absolute atomic E-state index is 11.9. The number of non-ortho nitro benzene ring substituents is 2. The maximum Gasteiger partial charge on any atom is 0.279 e. The highest BCUT2D eigenvalue weighted by atomic mass is 16.6. The second kappa shape index (κ2) is 8.24. The predicted octanol–water partition coefficient (Wildman–Crippen LogP) is 2.10. The number of hydrazone groups is 1. The van der Waals surface area contributed by atoms with Gasteiger partial charge in [0.25, 0.3) is 17.1 Å². The molecule has 0 aliphatic carbocycles. The Morgan fingerprint density at radius 1 is 0.926 bits per heavy atom. The zero-order valence-electron chi connectivity index (χ0n) is 13.5. The summed E-state index contributed by atoms with van der Waals surface area (Å²) in [6, 6.07) is 8.37. The van der Waals surface area contributed by atoms with Gasteiger partial charge in [0.1, 0.15) is 0 Å². The smallest absolute Gasteiger partial charge is 0.273 e. The lowest BCUT2D eigenvalue weighted by Crippen LogP contribution is -2.20. The first-order valence-electron chi connectivity index (χ1n) is 7.26. The van der Waals surface area contributed by atoms with Crippen LogP contribution in [0.3, 0.4) is 0 Å². The lowest BCUT2D eigenvalue weighted by molar-refractivity contribution is -0.394. The number of nitro benzene ring substituents is 3. The van der Waals surface area contributed by atoms with Crippen molar-refractivity contribution in [2.75, 3.05) is 0 Å². The van der Waals surface area contributed by atoms with Crippen molar-refractivity contribution in [2.24, 2.45) is 5.10 Å². The fourth-order valence-electron chi connectivity index (χ4n) is 2.06. The molecule has 1 amide bonds. The molecule has 0 aliphatic heterocycles. The fourth-order valence-corrected chi connectivity index (χ4v) is 2.06. The van der Waals surface area contributed by atoms with Crippen molar-refractivity contribution < 1.29 is 19.6 Å². The van der Waals surface area contributed by atoms with Crippen LogP contribution in [-0.2, 0) is 11.2 Å². The molecule has 0 fully saturated rings. The summed E-state index contributed by atoms with van der Waals surface area (Å²) < 4.78 is 0. The Balaban J connectivity index is 2.04. The number of nitrogens with one attached hydrogen (secondary N) is 1. The molecule has 0 radical (unpaired) electrons. The van der Waals surface area contributed by atoms with Crippen molar-refractivity contribution in [3.05, 3.63) is 83.9 Å². The van der Waals surface area contributed by atoms with Crippen LogP contribution >= 0.6 is 0 Å².